The molecule has 2 aromatic rings. The fourth-order valence-corrected chi connectivity index (χ4v) is 3.45. The Morgan fingerprint density at radius 2 is 2.27 bits per heavy atom. The Morgan fingerprint density at radius 1 is 1.50 bits per heavy atom. The highest BCUT2D eigenvalue weighted by Crippen LogP contribution is 2.40. The summed E-state index contributed by atoms with van der Waals surface area (Å²) in [6.45, 7) is 0. The van der Waals surface area contributed by atoms with Gasteiger partial charge in [-0.25, -0.2) is 0 Å². The Balaban J connectivity index is 1.87. The van der Waals surface area contributed by atoms with Crippen molar-refractivity contribution in [1.29, 1.82) is 0 Å². The van der Waals surface area contributed by atoms with Gasteiger partial charge in [0, 0.05) is 29.6 Å². The number of rotatable bonds is 3. The zero-order valence-electron chi connectivity index (χ0n) is 11.8. The first-order chi connectivity index (χ1) is 10.5. The summed E-state index contributed by atoms with van der Waals surface area (Å²) in [5, 5.41) is 15.1. The quantitative estimate of drug-likeness (QED) is 0.932. The van der Waals surface area contributed by atoms with Gasteiger partial charge in [0.2, 0.25) is 5.91 Å². The van der Waals surface area contributed by atoms with Crippen LogP contribution in [0.1, 0.15) is 22.9 Å². The summed E-state index contributed by atoms with van der Waals surface area (Å²) in [5.41, 5.74) is 2.18. The van der Waals surface area contributed by atoms with Crippen LogP contribution in [-0.4, -0.2) is 34.2 Å². The summed E-state index contributed by atoms with van der Waals surface area (Å²) in [4.78, 5) is 13.9. The lowest BCUT2D eigenvalue weighted by atomic mass is 10.1. The number of carbonyl (C=O) groups excluding carboxylic acids is 1. The van der Waals surface area contributed by atoms with Gasteiger partial charge in [-0.1, -0.05) is 28.4 Å². The van der Waals surface area contributed by atoms with Crippen LogP contribution >= 0.6 is 23.2 Å². The third kappa shape index (κ3) is 2.72. The molecule has 0 spiro atoms. The number of likely N-dealkylation sites (N-methyl/N-ethyl adjacent to an activating group) is 1. The number of fused-ring (bicyclic) bond motifs is 1. The van der Waals surface area contributed by atoms with Crippen LogP contribution in [0.25, 0.3) is 0 Å². The van der Waals surface area contributed by atoms with E-state index in [1.54, 1.807) is 25.2 Å². The van der Waals surface area contributed by atoms with Crippen LogP contribution in [0.3, 0.4) is 0 Å². The topological polar surface area (TPSA) is 66.6 Å². The molecule has 0 bridgehead atoms. The van der Waals surface area contributed by atoms with Crippen LogP contribution < -0.4 is 0 Å². The molecule has 1 aliphatic carbocycles. The SMILES string of the molecule is CN(C(=O)Cc1ccon1)C1c2cc(Cl)cc(Cl)c2CC1O. The second-order valence-corrected chi connectivity index (χ2v) is 6.19. The summed E-state index contributed by atoms with van der Waals surface area (Å²) >= 11 is 12.2. The lowest BCUT2D eigenvalue weighted by Crippen LogP contribution is -2.36. The molecular weight excluding hydrogens is 327 g/mol. The van der Waals surface area contributed by atoms with E-state index in [4.69, 9.17) is 27.7 Å². The van der Waals surface area contributed by atoms with Gasteiger partial charge < -0.3 is 14.5 Å². The fraction of sp³-hybridized carbons (Fsp3) is 0.333. The minimum absolute atomic E-state index is 0.111. The first-order valence-electron chi connectivity index (χ1n) is 6.78. The Kier molecular flexibility index (Phi) is 4.12. The average Bonchev–Trinajstić information content (AvgIpc) is 3.05. The fourth-order valence-electron chi connectivity index (χ4n) is 2.86. The number of hydrogen-bond donors (Lipinski definition) is 1. The molecule has 22 heavy (non-hydrogen) atoms. The largest absolute Gasteiger partial charge is 0.390 e. The smallest absolute Gasteiger partial charge is 0.229 e. The van der Waals surface area contributed by atoms with Crippen LogP contribution in [0.2, 0.25) is 10.0 Å². The Bertz CT molecular complexity index is 703. The van der Waals surface area contributed by atoms with Crippen molar-refractivity contribution in [1.82, 2.24) is 10.1 Å². The lowest BCUT2D eigenvalue weighted by molar-refractivity contribution is -0.133. The first kappa shape index (κ1) is 15.3. The molecule has 0 saturated carbocycles. The second-order valence-electron chi connectivity index (χ2n) is 5.34. The molecule has 1 aromatic heterocycles. The van der Waals surface area contributed by atoms with Crippen molar-refractivity contribution >= 4 is 29.1 Å². The molecule has 0 aliphatic heterocycles. The van der Waals surface area contributed by atoms with Gasteiger partial charge in [-0.3, -0.25) is 4.79 Å². The van der Waals surface area contributed by atoms with Crippen molar-refractivity contribution in [3.63, 3.8) is 0 Å². The second kappa shape index (κ2) is 5.91. The van der Waals surface area contributed by atoms with Crippen molar-refractivity contribution in [2.75, 3.05) is 7.05 Å². The van der Waals surface area contributed by atoms with Gasteiger partial charge in [-0.15, -0.1) is 0 Å². The van der Waals surface area contributed by atoms with Gasteiger partial charge in [0.1, 0.15) is 6.26 Å². The molecule has 0 saturated heterocycles. The molecule has 116 valence electrons. The Labute approximate surface area is 137 Å². The monoisotopic (exact) mass is 340 g/mol. The highest BCUT2D eigenvalue weighted by atomic mass is 35.5. The normalized spacial score (nSPS) is 20.0. The van der Waals surface area contributed by atoms with Crippen molar-refractivity contribution in [3.8, 4) is 0 Å². The summed E-state index contributed by atoms with van der Waals surface area (Å²) in [5.74, 6) is -0.165. The van der Waals surface area contributed by atoms with Gasteiger partial charge >= 0.3 is 0 Å². The molecule has 0 fully saturated rings. The molecule has 1 heterocycles. The standard InChI is InChI=1S/C15H14Cl2N2O3/c1-19(14(21)6-9-2-3-22-18-9)15-11-4-8(16)5-12(17)10(11)7-13(15)20/h2-5,13,15,20H,6-7H2,1H3. The molecular formula is C15H14Cl2N2O3. The third-order valence-corrected chi connectivity index (χ3v) is 4.48. The molecule has 1 amide bonds. The van der Waals surface area contributed by atoms with Crippen LogP contribution in [0.5, 0.6) is 0 Å². The Morgan fingerprint density at radius 3 is 2.95 bits per heavy atom. The van der Waals surface area contributed by atoms with Crippen LogP contribution in [-0.2, 0) is 17.6 Å². The van der Waals surface area contributed by atoms with Crippen molar-refractivity contribution in [2.24, 2.45) is 0 Å². The zero-order chi connectivity index (χ0) is 15.9. The number of aromatic nitrogens is 1. The van der Waals surface area contributed by atoms with E-state index in [1.807, 2.05) is 0 Å². The number of aliphatic hydroxyl groups is 1. The lowest BCUT2D eigenvalue weighted by Gasteiger charge is -2.28. The summed E-state index contributed by atoms with van der Waals surface area (Å²) < 4.78 is 4.72. The number of aliphatic hydroxyl groups excluding tert-OH is 1. The minimum Gasteiger partial charge on any atom is -0.390 e. The molecule has 5 nitrogen and oxygen atoms in total. The van der Waals surface area contributed by atoms with Gasteiger partial charge in [-0.05, 0) is 23.3 Å². The van der Waals surface area contributed by atoms with E-state index in [1.165, 1.54) is 11.2 Å². The predicted octanol–water partition coefficient (Wildman–Crippen LogP) is 2.64. The molecule has 1 aromatic carbocycles. The van der Waals surface area contributed by atoms with Crippen molar-refractivity contribution in [3.05, 3.63) is 51.3 Å². The number of carbonyl (C=O) groups is 1. The molecule has 1 aliphatic rings. The van der Waals surface area contributed by atoms with E-state index in [2.05, 4.69) is 5.16 Å². The summed E-state index contributed by atoms with van der Waals surface area (Å²) in [7, 11) is 1.65. The number of nitrogens with zero attached hydrogens (tertiary/aromatic N) is 2. The minimum atomic E-state index is -0.711. The predicted molar refractivity (Wildman–Crippen MR) is 81.9 cm³/mol. The third-order valence-electron chi connectivity index (χ3n) is 3.93. The number of benzene rings is 1. The van der Waals surface area contributed by atoms with Crippen LogP contribution in [0.15, 0.2) is 29.0 Å². The van der Waals surface area contributed by atoms with Crippen molar-refractivity contribution in [2.45, 2.75) is 25.0 Å². The molecule has 1 N–H and O–H groups in total. The van der Waals surface area contributed by atoms with Crippen LogP contribution in [0, 0.1) is 0 Å². The number of amides is 1. The van der Waals surface area contributed by atoms with Crippen LogP contribution in [0.4, 0.5) is 0 Å². The van der Waals surface area contributed by atoms with E-state index in [9.17, 15) is 9.90 Å². The zero-order valence-corrected chi connectivity index (χ0v) is 13.3. The summed E-state index contributed by atoms with van der Waals surface area (Å²) in [6.07, 6.45) is 1.22. The van der Waals surface area contributed by atoms with Gasteiger partial charge in [0.25, 0.3) is 0 Å². The highest BCUT2D eigenvalue weighted by Gasteiger charge is 2.37. The van der Waals surface area contributed by atoms with E-state index in [0.29, 0.717) is 22.2 Å². The van der Waals surface area contributed by atoms with Gasteiger partial charge in [0.05, 0.1) is 24.3 Å². The number of hydrogen-bond acceptors (Lipinski definition) is 4. The Hall–Kier alpha value is -1.56. The number of halogens is 2. The molecule has 7 heteroatoms. The van der Waals surface area contributed by atoms with Crippen molar-refractivity contribution < 1.29 is 14.4 Å². The maximum Gasteiger partial charge on any atom is 0.229 e. The molecule has 2 atom stereocenters. The van der Waals surface area contributed by atoms with E-state index >= 15 is 0 Å². The first-order valence-corrected chi connectivity index (χ1v) is 7.53. The summed E-state index contributed by atoms with van der Waals surface area (Å²) in [6, 6.07) is 4.57. The molecule has 0 radical (unpaired) electrons. The highest BCUT2D eigenvalue weighted by molar-refractivity contribution is 6.35. The van der Waals surface area contributed by atoms with E-state index < -0.39 is 12.1 Å². The van der Waals surface area contributed by atoms with Gasteiger partial charge in [-0.2, -0.15) is 0 Å². The maximum absolute atomic E-state index is 12.4. The molecule has 2 unspecified atom stereocenters. The maximum atomic E-state index is 12.4. The van der Waals surface area contributed by atoms with E-state index in [-0.39, 0.29) is 12.3 Å². The molecule has 3 rings (SSSR count). The van der Waals surface area contributed by atoms with E-state index in [0.717, 1.165) is 11.1 Å². The van der Waals surface area contributed by atoms with Gasteiger partial charge in [0.15, 0.2) is 0 Å². The average molecular weight is 341 g/mol.